The Morgan fingerprint density at radius 2 is 2.21 bits per heavy atom. The fourth-order valence-electron chi connectivity index (χ4n) is 4.00. The number of fused-ring (bicyclic) bond motifs is 1. The van der Waals surface area contributed by atoms with Crippen LogP contribution in [0.5, 0.6) is 0 Å². The predicted octanol–water partition coefficient (Wildman–Crippen LogP) is 3.20. The topological polar surface area (TPSA) is 89.9 Å². The molecular weight excluding hydrogens is 364 g/mol. The smallest absolute Gasteiger partial charge is 0.129 e. The number of H-pyrrole nitrogens is 1. The number of morpholine rings is 1. The van der Waals surface area contributed by atoms with Gasteiger partial charge in [0.25, 0.3) is 0 Å². The molecule has 0 unspecified atom stereocenters. The van der Waals surface area contributed by atoms with E-state index in [-0.39, 0.29) is 5.60 Å². The first-order chi connectivity index (χ1) is 14.2. The van der Waals surface area contributed by atoms with Crippen molar-refractivity contribution >= 4 is 28.5 Å². The van der Waals surface area contributed by atoms with Gasteiger partial charge in [0.2, 0.25) is 0 Å². The summed E-state index contributed by atoms with van der Waals surface area (Å²) in [5, 5.41) is 19.4. The van der Waals surface area contributed by atoms with E-state index in [1.807, 2.05) is 37.6 Å². The molecule has 0 bridgehead atoms. The van der Waals surface area contributed by atoms with E-state index in [0.29, 0.717) is 0 Å². The number of aromatic amines is 1. The van der Waals surface area contributed by atoms with E-state index in [1.165, 1.54) is 6.21 Å². The summed E-state index contributed by atoms with van der Waals surface area (Å²) < 4.78 is 5.94. The number of aromatic nitrogens is 3. The van der Waals surface area contributed by atoms with Gasteiger partial charge in [-0.1, -0.05) is 6.07 Å². The van der Waals surface area contributed by atoms with Gasteiger partial charge in [-0.3, -0.25) is 5.10 Å². The molecule has 1 aromatic carbocycles. The van der Waals surface area contributed by atoms with Crippen LogP contribution in [0.15, 0.2) is 42.7 Å². The molecule has 0 atom stereocenters. The normalized spacial score (nSPS) is 18.2. The zero-order valence-electron chi connectivity index (χ0n) is 16.4. The third-order valence-electron chi connectivity index (χ3n) is 5.75. The van der Waals surface area contributed by atoms with Crippen molar-refractivity contribution in [2.45, 2.75) is 18.4 Å². The second kappa shape index (κ2) is 7.00. The van der Waals surface area contributed by atoms with Crippen LogP contribution in [0.25, 0.3) is 27.7 Å². The summed E-state index contributed by atoms with van der Waals surface area (Å²) in [6, 6.07) is 10.2. The summed E-state index contributed by atoms with van der Waals surface area (Å²) in [6.07, 6.45) is 7.32. The molecule has 7 heteroatoms. The van der Waals surface area contributed by atoms with Crippen molar-refractivity contribution in [3.8, 4) is 11.3 Å². The monoisotopic (exact) mass is 388 g/mol. The maximum absolute atomic E-state index is 7.69. The molecule has 3 aromatic rings. The number of allylic oxidation sites excluding steroid dienone is 1. The summed E-state index contributed by atoms with van der Waals surface area (Å²) >= 11 is 0. The van der Waals surface area contributed by atoms with Gasteiger partial charge in [-0.15, -0.1) is 0 Å². The SMILES string of the molecule is CN/C=C(\C=N)c1ccc2[nH]nc(-c3ccnc(N4CCOC5(CC5)C4)c3)c2c1. The van der Waals surface area contributed by atoms with E-state index < -0.39 is 0 Å². The van der Waals surface area contributed by atoms with Gasteiger partial charge >= 0.3 is 0 Å². The van der Waals surface area contributed by atoms with Gasteiger partial charge in [0.05, 0.1) is 17.7 Å². The van der Waals surface area contributed by atoms with E-state index in [1.54, 1.807) is 0 Å². The van der Waals surface area contributed by atoms with Crippen molar-refractivity contribution in [1.82, 2.24) is 20.5 Å². The predicted molar refractivity (Wildman–Crippen MR) is 115 cm³/mol. The van der Waals surface area contributed by atoms with Gasteiger partial charge in [-0.2, -0.15) is 5.10 Å². The number of hydrogen-bond donors (Lipinski definition) is 3. The van der Waals surface area contributed by atoms with E-state index in [0.717, 1.165) is 71.7 Å². The van der Waals surface area contributed by atoms with Crippen molar-refractivity contribution in [3.63, 3.8) is 0 Å². The molecule has 29 heavy (non-hydrogen) atoms. The lowest BCUT2D eigenvalue weighted by Gasteiger charge is -2.34. The Morgan fingerprint density at radius 1 is 1.31 bits per heavy atom. The number of nitrogens with one attached hydrogen (secondary N) is 3. The molecule has 2 aliphatic rings. The highest BCUT2D eigenvalue weighted by Gasteiger charge is 2.47. The third-order valence-corrected chi connectivity index (χ3v) is 5.75. The largest absolute Gasteiger partial charge is 0.393 e. The van der Waals surface area contributed by atoms with Crippen molar-refractivity contribution < 1.29 is 4.74 Å². The zero-order valence-corrected chi connectivity index (χ0v) is 16.4. The third kappa shape index (κ3) is 3.27. The minimum atomic E-state index is 0.0622. The Kier molecular flexibility index (Phi) is 4.32. The minimum Gasteiger partial charge on any atom is -0.393 e. The van der Waals surface area contributed by atoms with Crippen LogP contribution in [0.1, 0.15) is 18.4 Å². The van der Waals surface area contributed by atoms with Gasteiger partial charge < -0.3 is 20.4 Å². The first-order valence-corrected chi connectivity index (χ1v) is 9.93. The van der Waals surface area contributed by atoms with Crippen molar-refractivity contribution in [1.29, 1.82) is 5.41 Å². The number of rotatable bonds is 5. The van der Waals surface area contributed by atoms with E-state index in [4.69, 9.17) is 10.1 Å². The van der Waals surface area contributed by atoms with Crippen LogP contribution in [0.3, 0.4) is 0 Å². The molecule has 0 amide bonds. The van der Waals surface area contributed by atoms with Gasteiger partial charge in [-0.05, 0) is 42.7 Å². The van der Waals surface area contributed by atoms with Crippen molar-refractivity contribution in [2.24, 2.45) is 0 Å². The Balaban J connectivity index is 1.52. The molecule has 1 saturated carbocycles. The fourth-order valence-corrected chi connectivity index (χ4v) is 4.00. The number of nitrogens with zero attached hydrogens (tertiary/aromatic N) is 3. The van der Waals surface area contributed by atoms with Crippen LogP contribution >= 0.6 is 0 Å². The maximum Gasteiger partial charge on any atom is 0.129 e. The summed E-state index contributed by atoms with van der Waals surface area (Å²) in [5.41, 5.74) is 4.76. The highest BCUT2D eigenvalue weighted by molar-refractivity contribution is 6.09. The molecular formula is C22H24N6O. The summed E-state index contributed by atoms with van der Waals surface area (Å²) in [4.78, 5) is 6.94. The van der Waals surface area contributed by atoms with Crippen molar-refractivity contribution in [2.75, 3.05) is 31.6 Å². The molecule has 1 aliphatic heterocycles. The molecule has 3 N–H and O–H groups in total. The van der Waals surface area contributed by atoms with Crippen LogP contribution in [0, 0.1) is 5.41 Å². The summed E-state index contributed by atoms with van der Waals surface area (Å²) in [6.45, 7) is 2.53. The van der Waals surface area contributed by atoms with Crippen LogP contribution in [-0.2, 0) is 4.74 Å². The second-order valence-corrected chi connectivity index (χ2v) is 7.72. The molecule has 2 aromatic heterocycles. The van der Waals surface area contributed by atoms with Gasteiger partial charge in [-0.25, -0.2) is 4.98 Å². The van der Waals surface area contributed by atoms with E-state index in [9.17, 15) is 0 Å². The minimum absolute atomic E-state index is 0.0622. The van der Waals surface area contributed by atoms with Crippen LogP contribution in [0.2, 0.25) is 0 Å². The average Bonchev–Trinajstić information content (AvgIpc) is 3.36. The lowest BCUT2D eigenvalue weighted by molar-refractivity contribution is 0.0204. The highest BCUT2D eigenvalue weighted by Crippen LogP contribution is 2.43. The number of hydrogen-bond acceptors (Lipinski definition) is 6. The highest BCUT2D eigenvalue weighted by atomic mass is 16.5. The standard InChI is InChI=1S/C22H24N6O/c1-24-13-17(12-23)15-2-3-19-18(10-15)21(27-26-19)16-4-7-25-20(11-16)28-8-9-29-22(14-28)5-6-22/h2-4,7,10-13,23-24H,5-6,8-9,14H2,1H3,(H,26,27)/b17-13+,23-12?. The molecule has 2 fully saturated rings. The first kappa shape index (κ1) is 17.9. The fraction of sp³-hybridized carbons (Fsp3) is 0.318. The lowest BCUT2D eigenvalue weighted by Crippen LogP contribution is -2.44. The van der Waals surface area contributed by atoms with Gasteiger partial charge in [0.1, 0.15) is 11.5 Å². The average molecular weight is 388 g/mol. The molecule has 1 spiro atoms. The summed E-state index contributed by atoms with van der Waals surface area (Å²) in [5.74, 6) is 0.972. The molecule has 1 saturated heterocycles. The number of pyridine rings is 1. The number of ether oxygens (including phenoxy) is 1. The van der Waals surface area contributed by atoms with Gasteiger partial charge in [0.15, 0.2) is 0 Å². The Bertz CT molecular complexity index is 1100. The lowest BCUT2D eigenvalue weighted by atomic mass is 10.0. The molecule has 7 nitrogen and oxygen atoms in total. The number of benzene rings is 1. The van der Waals surface area contributed by atoms with E-state index >= 15 is 0 Å². The number of anilines is 1. The maximum atomic E-state index is 7.69. The molecule has 0 radical (unpaired) electrons. The quantitative estimate of drug-likeness (QED) is 0.584. The second-order valence-electron chi connectivity index (χ2n) is 7.72. The Hall–Kier alpha value is -3.19. The van der Waals surface area contributed by atoms with E-state index in [2.05, 4.69) is 37.5 Å². The molecule has 5 rings (SSSR count). The Morgan fingerprint density at radius 3 is 3.00 bits per heavy atom. The van der Waals surface area contributed by atoms with Crippen molar-refractivity contribution in [3.05, 3.63) is 48.3 Å². The zero-order chi connectivity index (χ0) is 19.8. The van der Waals surface area contributed by atoms with Gasteiger partial charge in [0, 0.05) is 55.3 Å². The summed E-state index contributed by atoms with van der Waals surface area (Å²) in [7, 11) is 1.83. The molecule has 3 heterocycles. The van der Waals surface area contributed by atoms with Crippen LogP contribution in [-0.4, -0.2) is 53.7 Å². The Labute approximate surface area is 169 Å². The van der Waals surface area contributed by atoms with Crippen LogP contribution < -0.4 is 10.2 Å². The van der Waals surface area contributed by atoms with Crippen LogP contribution in [0.4, 0.5) is 5.82 Å². The first-order valence-electron chi connectivity index (χ1n) is 9.93. The molecule has 148 valence electrons. The molecule has 1 aliphatic carbocycles.